The average molecular weight is 380 g/mol. The van der Waals surface area contributed by atoms with E-state index in [1.807, 2.05) is 49.4 Å². The molecule has 0 saturated carbocycles. The van der Waals surface area contributed by atoms with Crippen molar-refractivity contribution in [2.24, 2.45) is 5.41 Å². The van der Waals surface area contributed by atoms with Crippen molar-refractivity contribution >= 4 is 17.8 Å². The molecule has 1 aliphatic carbocycles. The third-order valence-electron chi connectivity index (χ3n) is 5.85. The molecule has 0 bridgehead atoms. The van der Waals surface area contributed by atoms with Crippen molar-refractivity contribution in [1.29, 1.82) is 0 Å². The Morgan fingerprint density at radius 2 is 2.07 bits per heavy atom. The van der Waals surface area contributed by atoms with Gasteiger partial charge in [0, 0.05) is 18.4 Å². The van der Waals surface area contributed by atoms with Crippen LogP contribution in [0.5, 0.6) is 0 Å². The van der Waals surface area contributed by atoms with Crippen LogP contribution in [-0.4, -0.2) is 47.9 Å². The number of nitrogens with one attached hydrogen (secondary N) is 1. The van der Waals surface area contributed by atoms with Crippen LogP contribution in [0.15, 0.2) is 54.1 Å². The Bertz CT molecular complexity index is 861. The molecule has 0 radical (unpaired) electrons. The highest BCUT2D eigenvalue weighted by Crippen LogP contribution is 2.41. The number of carbonyl (C=O) groups excluding carboxylic acids is 3. The number of nitrogens with zero attached hydrogens (tertiary/aromatic N) is 1. The van der Waals surface area contributed by atoms with E-state index in [-0.39, 0.29) is 24.3 Å². The molecule has 3 aliphatic rings. The van der Waals surface area contributed by atoms with Gasteiger partial charge >= 0.3 is 6.09 Å². The lowest BCUT2D eigenvalue weighted by Gasteiger charge is -2.35. The second kappa shape index (κ2) is 7.36. The summed E-state index contributed by atoms with van der Waals surface area (Å²) < 4.78 is 5.21. The van der Waals surface area contributed by atoms with Crippen molar-refractivity contribution in [1.82, 2.24) is 10.2 Å². The number of allylic oxidation sites excluding steroid dienone is 2. The molecule has 1 fully saturated rings. The molecule has 2 heterocycles. The van der Waals surface area contributed by atoms with Crippen LogP contribution in [0.25, 0.3) is 0 Å². The maximum absolute atomic E-state index is 13.4. The van der Waals surface area contributed by atoms with Gasteiger partial charge in [-0.05, 0) is 30.1 Å². The van der Waals surface area contributed by atoms with E-state index in [1.54, 1.807) is 6.08 Å². The summed E-state index contributed by atoms with van der Waals surface area (Å²) in [5, 5.41) is 3.20. The molecule has 4 rings (SSSR count). The van der Waals surface area contributed by atoms with Gasteiger partial charge in [-0.1, -0.05) is 49.4 Å². The molecular formula is C22H24N2O4. The minimum Gasteiger partial charge on any atom is -0.447 e. The second-order valence-electron chi connectivity index (χ2n) is 7.94. The number of imide groups is 1. The Balaban J connectivity index is 1.55. The minimum absolute atomic E-state index is 0.0651. The summed E-state index contributed by atoms with van der Waals surface area (Å²) in [5.74, 6) is -0.231. The summed E-state index contributed by atoms with van der Waals surface area (Å²) in [4.78, 5) is 38.9. The van der Waals surface area contributed by atoms with Crippen molar-refractivity contribution in [3.05, 3.63) is 59.7 Å². The zero-order valence-electron chi connectivity index (χ0n) is 15.9. The zero-order chi connectivity index (χ0) is 19.7. The van der Waals surface area contributed by atoms with Crippen LogP contribution in [0.3, 0.4) is 0 Å². The maximum Gasteiger partial charge on any atom is 0.417 e. The molecule has 3 atom stereocenters. The molecule has 2 amide bonds. The standard InChI is InChI=1S/C22H24N2O4/c1-22(10-5-8-17(25)13-22)18-9-11-23-19(18)20(26)24-16(14-28-21(24)27)12-15-6-3-2-4-7-15/h2-9,16,19,23H,10-14H2,1H3/t16-,19-,22?/m0/s1. The highest BCUT2D eigenvalue weighted by atomic mass is 16.6. The predicted molar refractivity (Wildman–Crippen MR) is 103 cm³/mol. The third-order valence-corrected chi connectivity index (χ3v) is 5.85. The molecular weight excluding hydrogens is 356 g/mol. The van der Waals surface area contributed by atoms with E-state index in [0.717, 1.165) is 11.1 Å². The Hall–Kier alpha value is -2.73. The average Bonchev–Trinajstić information content (AvgIpc) is 3.30. The first kappa shape index (κ1) is 18.6. The highest BCUT2D eigenvalue weighted by Gasteiger charge is 2.46. The Labute approximate surface area is 164 Å². The fraction of sp³-hybridized carbons (Fsp3) is 0.409. The molecule has 1 aromatic rings. The molecule has 1 unspecified atom stereocenters. The molecule has 1 aromatic carbocycles. The van der Waals surface area contributed by atoms with E-state index < -0.39 is 17.6 Å². The SMILES string of the molecule is CC1(C2=CCN[C@@H]2C(=O)N2C(=O)OC[C@@H]2Cc2ccccc2)CC=CC(=O)C1. The molecule has 28 heavy (non-hydrogen) atoms. The van der Waals surface area contributed by atoms with Gasteiger partial charge in [0.2, 0.25) is 0 Å². The lowest BCUT2D eigenvalue weighted by atomic mass is 9.70. The van der Waals surface area contributed by atoms with Gasteiger partial charge in [-0.25, -0.2) is 9.69 Å². The number of amides is 2. The summed E-state index contributed by atoms with van der Waals surface area (Å²) in [7, 11) is 0. The number of ether oxygens (including phenoxy) is 1. The van der Waals surface area contributed by atoms with Crippen LogP contribution in [0.4, 0.5) is 4.79 Å². The summed E-state index contributed by atoms with van der Waals surface area (Å²) >= 11 is 0. The summed E-state index contributed by atoms with van der Waals surface area (Å²) in [6.07, 6.45) is 6.51. The van der Waals surface area contributed by atoms with Crippen LogP contribution in [0.2, 0.25) is 0 Å². The van der Waals surface area contributed by atoms with E-state index in [9.17, 15) is 14.4 Å². The third kappa shape index (κ3) is 3.40. The maximum atomic E-state index is 13.4. The van der Waals surface area contributed by atoms with Gasteiger partial charge in [0.05, 0.1) is 6.04 Å². The van der Waals surface area contributed by atoms with Gasteiger partial charge in [-0.15, -0.1) is 0 Å². The van der Waals surface area contributed by atoms with Gasteiger partial charge in [-0.2, -0.15) is 0 Å². The quantitative estimate of drug-likeness (QED) is 0.812. The molecule has 1 N–H and O–H groups in total. The number of rotatable bonds is 4. The van der Waals surface area contributed by atoms with Crippen molar-refractivity contribution in [2.45, 2.75) is 38.3 Å². The van der Waals surface area contributed by atoms with Gasteiger partial charge in [0.25, 0.3) is 5.91 Å². The van der Waals surface area contributed by atoms with Crippen molar-refractivity contribution in [3.8, 4) is 0 Å². The van der Waals surface area contributed by atoms with Gasteiger partial charge < -0.3 is 4.74 Å². The van der Waals surface area contributed by atoms with E-state index in [1.165, 1.54) is 4.90 Å². The lowest BCUT2D eigenvalue weighted by Crippen LogP contribution is -2.51. The normalized spacial score (nSPS) is 29.8. The second-order valence-corrected chi connectivity index (χ2v) is 7.94. The first-order chi connectivity index (χ1) is 13.5. The van der Waals surface area contributed by atoms with E-state index in [4.69, 9.17) is 4.74 Å². The largest absolute Gasteiger partial charge is 0.447 e. The number of hydrogen-bond acceptors (Lipinski definition) is 5. The van der Waals surface area contributed by atoms with E-state index >= 15 is 0 Å². The zero-order valence-corrected chi connectivity index (χ0v) is 15.9. The first-order valence-corrected chi connectivity index (χ1v) is 9.65. The molecule has 0 spiro atoms. The highest BCUT2D eigenvalue weighted by molar-refractivity contribution is 5.99. The van der Waals surface area contributed by atoms with Gasteiger partial charge in [0.1, 0.15) is 12.6 Å². The summed E-state index contributed by atoms with van der Waals surface area (Å²) in [6, 6.07) is 8.83. The predicted octanol–water partition coefficient (Wildman–Crippen LogP) is 2.40. The number of hydrogen-bond donors (Lipinski definition) is 1. The Kier molecular flexibility index (Phi) is 4.89. The van der Waals surface area contributed by atoms with Crippen LogP contribution < -0.4 is 5.32 Å². The summed E-state index contributed by atoms with van der Waals surface area (Å²) in [6.45, 7) is 2.76. The molecule has 146 valence electrons. The van der Waals surface area contributed by atoms with Crippen LogP contribution in [0.1, 0.15) is 25.3 Å². The number of benzene rings is 1. The van der Waals surface area contributed by atoms with Crippen molar-refractivity contribution < 1.29 is 19.1 Å². The van der Waals surface area contributed by atoms with Crippen LogP contribution >= 0.6 is 0 Å². The van der Waals surface area contributed by atoms with Gasteiger partial charge in [-0.3, -0.25) is 14.9 Å². The lowest BCUT2D eigenvalue weighted by molar-refractivity contribution is -0.130. The Morgan fingerprint density at radius 1 is 1.29 bits per heavy atom. The van der Waals surface area contributed by atoms with Crippen molar-refractivity contribution in [2.75, 3.05) is 13.2 Å². The molecule has 1 saturated heterocycles. The molecule has 2 aliphatic heterocycles. The first-order valence-electron chi connectivity index (χ1n) is 9.65. The number of ketones is 1. The number of cyclic esters (lactones) is 1. The van der Waals surface area contributed by atoms with E-state index in [2.05, 4.69) is 5.32 Å². The van der Waals surface area contributed by atoms with E-state index in [0.29, 0.717) is 25.8 Å². The summed E-state index contributed by atoms with van der Waals surface area (Å²) in [5.41, 5.74) is 1.54. The topological polar surface area (TPSA) is 75.7 Å². The molecule has 6 heteroatoms. The fourth-order valence-corrected chi connectivity index (χ4v) is 4.42. The molecule has 6 nitrogen and oxygen atoms in total. The van der Waals surface area contributed by atoms with Crippen LogP contribution in [0, 0.1) is 5.41 Å². The van der Waals surface area contributed by atoms with Crippen molar-refractivity contribution in [3.63, 3.8) is 0 Å². The van der Waals surface area contributed by atoms with Crippen LogP contribution in [-0.2, 0) is 20.7 Å². The van der Waals surface area contributed by atoms with Gasteiger partial charge in [0.15, 0.2) is 5.78 Å². The smallest absolute Gasteiger partial charge is 0.417 e. The minimum atomic E-state index is -0.603. The Morgan fingerprint density at radius 3 is 2.82 bits per heavy atom. The molecule has 0 aromatic heterocycles. The number of carbonyl (C=O) groups is 3. The monoisotopic (exact) mass is 380 g/mol. The fourth-order valence-electron chi connectivity index (χ4n) is 4.42.